The van der Waals surface area contributed by atoms with Crippen molar-refractivity contribution in [2.45, 2.75) is 19.8 Å². The fourth-order valence-electron chi connectivity index (χ4n) is 2.59. The number of amidine groups is 1. The Morgan fingerprint density at radius 2 is 2.25 bits per heavy atom. The molecule has 0 unspecified atom stereocenters. The molecule has 0 aromatic heterocycles. The van der Waals surface area contributed by atoms with Crippen LogP contribution >= 0.6 is 11.6 Å². The van der Waals surface area contributed by atoms with Gasteiger partial charge >= 0.3 is 0 Å². The largest absolute Gasteiger partial charge is 0.409 e. The Balaban J connectivity index is 2.27. The van der Waals surface area contributed by atoms with Gasteiger partial charge in [-0.15, -0.1) is 0 Å². The van der Waals surface area contributed by atoms with E-state index in [4.69, 9.17) is 22.5 Å². The highest BCUT2D eigenvalue weighted by molar-refractivity contribution is 6.34. The van der Waals surface area contributed by atoms with Gasteiger partial charge in [-0.25, -0.2) is 4.39 Å². The zero-order chi connectivity index (χ0) is 14.9. The Morgan fingerprint density at radius 3 is 2.75 bits per heavy atom. The maximum atomic E-state index is 13.7. The second kappa shape index (κ2) is 5.28. The Bertz CT molecular complexity index is 550. The second-order valence-corrected chi connectivity index (χ2v) is 5.54. The predicted molar refractivity (Wildman–Crippen MR) is 74.3 cm³/mol. The van der Waals surface area contributed by atoms with E-state index in [0.29, 0.717) is 12.8 Å². The van der Waals surface area contributed by atoms with Crippen molar-refractivity contribution in [3.05, 3.63) is 29.0 Å². The van der Waals surface area contributed by atoms with Crippen molar-refractivity contribution < 1.29 is 14.4 Å². The number of nitrogens with one attached hydrogen (secondary N) is 1. The molecule has 108 valence electrons. The normalized spacial score (nSPS) is 25.9. The van der Waals surface area contributed by atoms with Crippen LogP contribution in [0.4, 0.5) is 10.1 Å². The molecule has 0 heterocycles. The molecule has 2 rings (SSSR count). The third kappa shape index (κ3) is 2.31. The lowest BCUT2D eigenvalue weighted by atomic mass is 9.61. The molecule has 1 aromatic carbocycles. The molecule has 4 N–H and O–H groups in total. The molecule has 1 amide bonds. The van der Waals surface area contributed by atoms with E-state index in [1.165, 1.54) is 18.2 Å². The summed E-state index contributed by atoms with van der Waals surface area (Å²) in [5, 5.41) is 14.3. The van der Waals surface area contributed by atoms with Gasteiger partial charge in [-0.3, -0.25) is 4.79 Å². The first-order chi connectivity index (χ1) is 9.40. The van der Waals surface area contributed by atoms with E-state index in [1.54, 1.807) is 0 Å². The standard InChI is InChI=1S/C13H15ClFN3O2/c1-7-5-13(6-7,11(16)18-20)12(19)17-10-8(14)3-2-4-9(10)15/h2-4,7,20H,5-6H2,1H3,(H2,16,18)(H,17,19). The number of hydrogen-bond donors (Lipinski definition) is 3. The summed E-state index contributed by atoms with van der Waals surface area (Å²) in [6.45, 7) is 1.95. The highest BCUT2D eigenvalue weighted by Crippen LogP contribution is 2.46. The van der Waals surface area contributed by atoms with Crippen molar-refractivity contribution in [2.24, 2.45) is 22.2 Å². The van der Waals surface area contributed by atoms with Gasteiger partial charge in [0.15, 0.2) is 5.84 Å². The minimum atomic E-state index is -1.10. The molecule has 0 saturated heterocycles. The molecule has 1 aliphatic rings. The Kier molecular flexibility index (Phi) is 3.85. The van der Waals surface area contributed by atoms with Crippen LogP contribution < -0.4 is 11.1 Å². The zero-order valence-corrected chi connectivity index (χ0v) is 11.6. The van der Waals surface area contributed by atoms with Crippen LogP contribution in [-0.4, -0.2) is 17.0 Å². The number of nitrogens with zero attached hydrogens (tertiary/aromatic N) is 1. The summed E-state index contributed by atoms with van der Waals surface area (Å²) < 4.78 is 13.7. The van der Waals surface area contributed by atoms with Crippen LogP contribution in [0.3, 0.4) is 0 Å². The summed E-state index contributed by atoms with van der Waals surface area (Å²) in [7, 11) is 0. The van der Waals surface area contributed by atoms with Gasteiger partial charge in [0.05, 0.1) is 10.7 Å². The Hall–Kier alpha value is -1.82. The van der Waals surface area contributed by atoms with Crippen molar-refractivity contribution in [3.8, 4) is 0 Å². The summed E-state index contributed by atoms with van der Waals surface area (Å²) >= 11 is 5.86. The number of amides is 1. The number of oxime groups is 1. The van der Waals surface area contributed by atoms with E-state index in [9.17, 15) is 9.18 Å². The number of carbonyl (C=O) groups excluding carboxylic acids is 1. The Morgan fingerprint density at radius 1 is 1.60 bits per heavy atom. The lowest BCUT2D eigenvalue weighted by molar-refractivity contribution is -0.127. The minimum absolute atomic E-state index is 0.0937. The predicted octanol–water partition coefficient (Wildman–Crippen LogP) is 2.58. The molecular formula is C13H15ClFN3O2. The first kappa shape index (κ1) is 14.6. The van der Waals surface area contributed by atoms with E-state index in [0.717, 1.165) is 0 Å². The summed E-state index contributed by atoms with van der Waals surface area (Å²) in [5.74, 6) is -1.04. The van der Waals surface area contributed by atoms with E-state index in [-0.39, 0.29) is 22.5 Å². The molecule has 0 spiro atoms. The topological polar surface area (TPSA) is 87.7 Å². The Labute approximate surface area is 120 Å². The number of para-hydroxylation sites is 1. The lowest BCUT2D eigenvalue weighted by Crippen LogP contribution is -2.54. The maximum Gasteiger partial charge on any atom is 0.238 e. The first-order valence-corrected chi connectivity index (χ1v) is 6.52. The van der Waals surface area contributed by atoms with Crippen LogP contribution in [0.5, 0.6) is 0 Å². The van der Waals surface area contributed by atoms with Crippen LogP contribution in [0.2, 0.25) is 5.02 Å². The number of benzene rings is 1. The molecule has 0 radical (unpaired) electrons. The van der Waals surface area contributed by atoms with Crippen molar-refractivity contribution in [2.75, 3.05) is 5.32 Å². The van der Waals surface area contributed by atoms with Crippen molar-refractivity contribution in [1.82, 2.24) is 0 Å². The number of hydrogen-bond acceptors (Lipinski definition) is 3. The fourth-order valence-corrected chi connectivity index (χ4v) is 2.80. The fraction of sp³-hybridized carbons (Fsp3) is 0.385. The lowest BCUT2D eigenvalue weighted by Gasteiger charge is -2.43. The van der Waals surface area contributed by atoms with Crippen molar-refractivity contribution in [3.63, 3.8) is 0 Å². The minimum Gasteiger partial charge on any atom is -0.409 e. The first-order valence-electron chi connectivity index (χ1n) is 6.14. The smallest absolute Gasteiger partial charge is 0.238 e. The highest BCUT2D eigenvalue weighted by atomic mass is 35.5. The molecule has 0 aliphatic heterocycles. The van der Waals surface area contributed by atoms with Gasteiger partial charge in [0.25, 0.3) is 0 Å². The average Bonchev–Trinajstić information content (AvgIpc) is 2.38. The van der Waals surface area contributed by atoms with E-state index in [1.807, 2.05) is 6.92 Å². The van der Waals surface area contributed by atoms with Crippen LogP contribution in [0.15, 0.2) is 23.4 Å². The molecule has 0 atom stereocenters. The van der Waals surface area contributed by atoms with E-state index < -0.39 is 17.1 Å². The monoisotopic (exact) mass is 299 g/mol. The van der Waals surface area contributed by atoms with Gasteiger partial charge in [-0.1, -0.05) is 29.7 Å². The number of halogens is 2. The highest BCUT2D eigenvalue weighted by Gasteiger charge is 2.52. The van der Waals surface area contributed by atoms with Crippen LogP contribution in [0.25, 0.3) is 0 Å². The van der Waals surface area contributed by atoms with E-state index >= 15 is 0 Å². The third-order valence-electron chi connectivity index (χ3n) is 3.63. The summed E-state index contributed by atoms with van der Waals surface area (Å²) in [5.41, 5.74) is 4.43. The van der Waals surface area contributed by atoms with Crippen molar-refractivity contribution in [1.29, 1.82) is 0 Å². The molecule has 7 heteroatoms. The maximum absolute atomic E-state index is 13.7. The molecular weight excluding hydrogens is 285 g/mol. The number of nitrogens with two attached hydrogens (primary N) is 1. The third-order valence-corrected chi connectivity index (χ3v) is 3.94. The average molecular weight is 300 g/mol. The molecule has 1 saturated carbocycles. The quantitative estimate of drug-likeness (QED) is 0.347. The van der Waals surface area contributed by atoms with Gasteiger partial charge in [-0.2, -0.15) is 0 Å². The summed E-state index contributed by atoms with van der Waals surface area (Å²) in [6.07, 6.45) is 0.890. The zero-order valence-electron chi connectivity index (χ0n) is 10.9. The van der Waals surface area contributed by atoms with Gasteiger partial charge in [0.2, 0.25) is 5.91 Å². The molecule has 5 nitrogen and oxygen atoms in total. The molecule has 0 bridgehead atoms. The number of carbonyl (C=O) groups is 1. The van der Waals surface area contributed by atoms with Crippen LogP contribution in [0, 0.1) is 17.2 Å². The van der Waals surface area contributed by atoms with Gasteiger partial charge in [0, 0.05) is 0 Å². The molecule has 1 aliphatic carbocycles. The van der Waals surface area contributed by atoms with E-state index in [2.05, 4.69) is 10.5 Å². The van der Waals surface area contributed by atoms with Gasteiger partial charge in [0.1, 0.15) is 11.2 Å². The summed E-state index contributed by atoms with van der Waals surface area (Å²) in [4.78, 5) is 12.4. The second-order valence-electron chi connectivity index (χ2n) is 5.13. The van der Waals surface area contributed by atoms with Crippen LogP contribution in [0.1, 0.15) is 19.8 Å². The molecule has 1 aromatic rings. The van der Waals surface area contributed by atoms with Gasteiger partial charge in [-0.05, 0) is 30.9 Å². The van der Waals surface area contributed by atoms with Crippen molar-refractivity contribution >= 4 is 29.0 Å². The summed E-state index contributed by atoms with van der Waals surface area (Å²) in [6, 6.07) is 4.11. The molecule has 1 fully saturated rings. The number of anilines is 1. The van der Waals surface area contributed by atoms with Gasteiger partial charge < -0.3 is 16.3 Å². The SMILES string of the molecule is CC1CC(C(=O)Nc2c(F)cccc2Cl)(/C(N)=N/O)C1. The molecule has 20 heavy (non-hydrogen) atoms. The van der Waals surface area contributed by atoms with Crippen LogP contribution in [-0.2, 0) is 4.79 Å². The number of rotatable bonds is 3.